The van der Waals surface area contributed by atoms with Gasteiger partial charge < -0.3 is 14.5 Å². The number of carbonyl (C=O) groups excluding carboxylic acids is 1. The third-order valence-electron chi connectivity index (χ3n) is 5.93. The maximum absolute atomic E-state index is 13.2. The number of amides is 1. The van der Waals surface area contributed by atoms with Gasteiger partial charge in [0.05, 0.1) is 36.6 Å². The number of ether oxygens (including phenoxy) is 1. The minimum atomic E-state index is -0.384. The van der Waals surface area contributed by atoms with Crippen molar-refractivity contribution in [2.24, 2.45) is 0 Å². The Morgan fingerprint density at radius 1 is 0.943 bits per heavy atom. The fraction of sp³-hybridized carbons (Fsp3) is 0.200. The van der Waals surface area contributed by atoms with E-state index >= 15 is 0 Å². The Bertz CT molecular complexity index is 1400. The lowest BCUT2D eigenvalue weighted by Gasteiger charge is -2.35. The van der Waals surface area contributed by atoms with Gasteiger partial charge in [0, 0.05) is 26.2 Å². The van der Waals surface area contributed by atoms with Crippen LogP contribution in [0.5, 0.6) is 5.75 Å². The first-order valence-electron chi connectivity index (χ1n) is 11.1. The highest BCUT2D eigenvalue weighted by Crippen LogP contribution is 2.25. The number of carbonyl (C=O) groups is 1. The van der Waals surface area contributed by atoms with E-state index in [4.69, 9.17) is 16.3 Å². The van der Waals surface area contributed by atoms with Crippen molar-refractivity contribution < 1.29 is 9.53 Å². The lowest BCUT2D eigenvalue weighted by atomic mass is 10.2. The standard InChI is InChI=1S/C25H23ClN6O3/c1-35-21-17-31(18-8-4-2-5-9-18)28-23(21)25(34)30-14-12-29(13-15-30)20-16-27-32(24(33)22(20)26)19-10-6-3-7-11-19/h2-11,16-17H,12-15H2,1H3. The van der Waals surface area contributed by atoms with Crippen molar-refractivity contribution in [2.75, 3.05) is 38.2 Å². The van der Waals surface area contributed by atoms with Gasteiger partial charge in [-0.05, 0) is 24.3 Å². The molecule has 1 fully saturated rings. The number of hydrogen-bond acceptors (Lipinski definition) is 6. The number of para-hydroxylation sites is 2. The number of benzene rings is 2. The third kappa shape index (κ3) is 4.38. The number of rotatable bonds is 5. The second-order valence-electron chi connectivity index (χ2n) is 8.00. The summed E-state index contributed by atoms with van der Waals surface area (Å²) in [6.45, 7) is 1.89. The van der Waals surface area contributed by atoms with E-state index in [2.05, 4.69) is 10.2 Å². The molecule has 0 saturated carbocycles. The van der Waals surface area contributed by atoms with Gasteiger partial charge in [-0.3, -0.25) is 9.59 Å². The molecule has 0 radical (unpaired) electrons. The van der Waals surface area contributed by atoms with Gasteiger partial charge in [0.25, 0.3) is 11.5 Å². The predicted octanol–water partition coefficient (Wildman–Crippen LogP) is 3.04. The minimum absolute atomic E-state index is 0.104. The molecule has 1 aliphatic rings. The van der Waals surface area contributed by atoms with Gasteiger partial charge in [-0.1, -0.05) is 48.0 Å². The lowest BCUT2D eigenvalue weighted by Crippen LogP contribution is -2.49. The molecule has 0 bridgehead atoms. The van der Waals surface area contributed by atoms with Crippen LogP contribution in [0.15, 0.2) is 77.9 Å². The Kier molecular flexibility index (Phi) is 6.24. The van der Waals surface area contributed by atoms with Crippen molar-refractivity contribution in [3.63, 3.8) is 0 Å². The van der Waals surface area contributed by atoms with Crippen molar-refractivity contribution in [3.05, 3.63) is 94.1 Å². The molecule has 0 atom stereocenters. The third-order valence-corrected chi connectivity index (χ3v) is 6.29. The van der Waals surface area contributed by atoms with Gasteiger partial charge in [-0.15, -0.1) is 0 Å². The van der Waals surface area contributed by atoms with Gasteiger partial charge in [0.15, 0.2) is 11.4 Å². The summed E-state index contributed by atoms with van der Waals surface area (Å²) in [6, 6.07) is 18.7. The monoisotopic (exact) mass is 490 g/mol. The summed E-state index contributed by atoms with van der Waals surface area (Å²) in [4.78, 5) is 29.8. The molecule has 2 aromatic carbocycles. The van der Waals surface area contributed by atoms with Gasteiger partial charge in [0.2, 0.25) is 0 Å². The Hall–Kier alpha value is -4.11. The van der Waals surface area contributed by atoms with Crippen molar-refractivity contribution in [3.8, 4) is 17.1 Å². The molecule has 4 aromatic rings. The lowest BCUT2D eigenvalue weighted by molar-refractivity contribution is 0.0737. The number of aromatic nitrogens is 4. The van der Waals surface area contributed by atoms with Crippen molar-refractivity contribution in [2.45, 2.75) is 0 Å². The molecule has 5 rings (SSSR count). The Morgan fingerprint density at radius 2 is 1.57 bits per heavy atom. The van der Waals surface area contributed by atoms with E-state index in [1.807, 2.05) is 53.4 Å². The van der Waals surface area contributed by atoms with Gasteiger partial charge in [0.1, 0.15) is 5.02 Å². The smallest absolute Gasteiger partial charge is 0.292 e. The number of nitrogens with zero attached hydrogens (tertiary/aromatic N) is 6. The molecular formula is C25H23ClN6O3. The molecule has 9 nitrogen and oxygen atoms in total. The van der Waals surface area contributed by atoms with E-state index in [0.717, 1.165) is 5.69 Å². The quantitative estimate of drug-likeness (QED) is 0.427. The van der Waals surface area contributed by atoms with Crippen LogP contribution in [-0.2, 0) is 0 Å². The zero-order valence-corrected chi connectivity index (χ0v) is 19.8. The molecule has 2 aromatic heterocycles. The normalized spacial score (nSPS) is 13.7. The fourth-order valence-corrected chi connectivity index (χ4v) is 4.31. The highest BCUT2D eigenvalue weighted by molar-refractivity contribution is 6.33. The van der Waals surface area contributed by atoms with Crippen LogP contribution in [0.1, 0.15) is 10.5 Å². The summed E-state index contributed by atoms with van der Waals surface area (Å²) in [5.41, 5.74) is 1.91. The maximum Gasteiger partial charge on any atom is 0.292 e. The summed E-state index contributed by atoms with van der Waals surface area (Å²) < 4.78 is 8.34. The molecule has 10 heteroatoms. The predicted molar refractivity (Wildman–Crippen MR) is 133 cm³/mol. The molecule has 0 unspecified atom stereocenters. The first-order chi connectivity index (χ1) is 17.1. The van der Waals surface area contributed by atoms with Crippen LogP contribution in [0.2, 0.25) is 5.02 Å². The number of piperazine rings is 1. The first kappa shape index (κ1) is 22.7. The summed E-state index contributed by atoms with van der Waals surface area (Å²) in [5, 5.41) is 8.89. The molecule has 1 aliphatic heterocycles. The van der Waals surface area contributed by atoms with Crippen LogP contribution >= 0.6 is 11.6 Å². The molecule has 3 heterocycles. The van der Waals surface area contributed by atoms with Crippen LogP contribution in [-0.4, -0.2) is 63.7 Å². The molecule has 0 aliphatic carbocycles. The van der Waals surface area contributed by atoms with E-state index in [9.17, 15) is 9.59 Å². The average molecular weight is 491 g/mol. The van der Waals surface area contributed by atoms with E-state index in [-0.39, 0.29) is 22.2 Å². The fourth-order valence-electron chi connectivity index (χ4n) is 4.07. The highest BCUT2D eigenvalue weighted by Gasteiger charge is 2.28. The summed E-state index contributed by atoms with van der Waals surface area (Å²) in [5.74, 6) is 0.206. The number of hydrogen-bond donors (Lipinski definition) is 0. The van der Waals surface area contributed by atoms with E-state index < -0.39 is 0 Å². The Morgan fingerprint density at radius 3 is 2.20 bits per heavy atom. The number of anilines is 1. The van der Waals surface area contributed by atoms with E-state index in [0.29, 0.717) is 43.3 Å². The summed E-state index contributed by atoms with van der Waals surface area (Å²) in [6.07, 6.45) is 3.30. The molecule has 1 amide bonds. The molecule has 0 N–H and O–H groups in total. The molecule has 0 spiro atoms. The van der Waals surface area contributed by atoms with Crippen LogP contribution < -0.4 is 15.2 Å². The molecule has 178 valence electrons. The summed E-state index contributed by atoms with van der Waals surface area (Å²) in [7, 11) is 1.52. The zero-order valence-electron chi connectivity index (χ0n) is 19.0. The average Bonchev–Trinajstić information content (AvgIpc) is 3.36. The van der Waals surface area contributed by atoms with Crippen molar-refractivity contribution >= 4 is 23.2 Å². The highest BCUT2D eigenvalue weighted by atomic mass is 35.5. The summed E-state index contributed by atoms with van der Waals surface area (Å²) >= 11 is 6.45. The van der Waals surface area contributed by atoms with Gasteiger partial charge >= 0.3 is 0 Å². The van der Waals surface area contributed by atoms with Gasteiger partial charge in [-0.25, -0.2) is 4.68 Å². The van der Waals surface area contributed by atoms with E-state index in [1.165, 1.54) is 11.8 Å². The number of halogens is 1. The molecular weight excluding hydrogens is 468 g/mol. The second kappa shape index (κ2) is 9.63. The largest absolute Gasteiger partial charge is 0.493 e. The van der Waals surface area contributed by atoms with Crippen molar-refractivity contribution in [1.29, 1.82) is 0 Å². The van der Waals surface area contributed by atoms with Crippen LogP contribution in [0.3, 0.4) is 0 Å². The first-order valence-corrected chi connectivity index (χ1v) is 11.5. The van der Waals surface area contributed by atoms with Crippen molar-refractivity contribution in [1.82, 2.24) is 24.5 Å². The van der Waals surface area contributed by atoms with Crippen LogP contribution in [0, 0.1) is 0 Å². The van der Waals surface area contributed by atoms with E-state index in [1.54, 1.807) is 34.1 Å². The number of methoxy groups -OCH3 is 1. The molecule has 1 saturated heterocycles. The minimum Gasteiger partial charge on any atom is -0.493 e. The zero-order chi connectivity index (χ0) is 24.4. The van der Waals surface area contributed by atoms with Crippen LogP contribution in [0.25, 0.3) is 11.4 Å². The molecule has 35 heavy (non-hydrogen) atoms. The van der Waals surface area contributed by atoms with Gasteiger partial charge in [-0.2, -0.15) is 14.9 Å². The van der Waals surface area contributed by atoms with Crippen LogP contribution in [0.4, 0.5) is 5.69 Å². The topological polar surface area (TPSA) is 85.5 Å². The second-order valence-corrected chi connectivity index (χ2v) is 8.38. The Labute approximate surface area is 206 Å². The SMILES string of the molecule is COc1cn(-c2ccccc2)nc1C(=O)N1CCN(c2cnn(-c3ccccc3)c(=O)c2Cl)CC1. The Balaban J connectivity index is 1.31. The maximum atomic E-state index is 13.2.